The second-order valence-corrected chi connectivity index (χ2v) is 14.5. The van der Waals surface area contributed by atoms with Gasteiger partial charge >= 0.3 is 69.3 Å². The van der Waals surface area contributed by atoms with Crippen molar-refractivity contribution in [2.45, 2.75) is 37.5 Å². The fourth-order valence-electron chi connectivity index (χ4n) is 5.94. The molecule has 0 heterocycles. The number of ether oxygens (including phenoxy) is 4. The summed E-state index contributed by atoms with van der Waals surface area (Å²) in [4.78, 5) is 37.1. The van der Waals surface area contributed by atoms with Gasteiger partial charge in [0.25, 0.3) is 0 Å². The summed E-state index contributed by atoms with van der Waals surface area (Å²) in [5.74, 6) is 1.89. The maximum Gasteiger partial charge on any atom is 2.00 e. The van der Waals surface area contributed by atoms with E-state index in [9.17, 15) is 19.5 Å². The summed E-state index contributed by atoms with van der Waals surface area (Å²) in [7, 11) is 0. The third-order valence-electron chi connectivity index (χ3n) is 9.19. The van der Waals surface area contributed by atoms with Gasteiger partial charge in [-0.2, -0.15) is 0 Å². The molecule has 1 aromatic carbocycles. The number of carbonyl (C=O) groups is 3. The Morgan fingerprint density at radius 1 is 0.515 bits per heavy atom. The fourth-order valence-corrected chi connectivity index (χ4v) is 5.94. The predicted molar refractivity (Wildman–Crippen MR) is 243 cm³/mol. The maximum atomic E-state index is 13.2. The number of carboxylic acids is 1. The summed E-state index contributed by atoms with van der Waals surface area (Å²) >= 11 is 0. The van der Waals surface area contributed by atoms with E-state index in [0.29, 0.717) is 32.7 Å². The van der Waals surface area contributed by atoms with E-state index in [1.807, 2.05) is 204 Å². The van der Waals surface area contributed by atoms with Crippen LogP contribution in [0.25, 0.3) is 0 Å². The smallest absolute Gasteiger partial charge is 0.480 e. The molecule has 7 rings (SSSR count). The summed E-state index contributed by atoms with van der Waals surface area (Å²) in [6.07, 6.45) is 53.8. The molecule has 6 aliphatic carbocycles. The van der Waals surface area contributed by atoms with E-state index in [1.54, 1.807) is 0 Å². The predicted octanol–water partition coefficient (Wildman–Crippen LogP) is 6.90. The molecular formula is C52H59Fe3N3O8+6. The summed E-state index contributed by atoms with van der Waals surface area (Å²) in [5, 5.41) is 17.9. The van der Waals surface area contributed by atoms with Gasteiger partial charge in [0.2, 0.25) is 0 Å². The Bertz CT molecular complexity index is 1220. The second kappa shape index (κ2) is 40.4. The molecular weight excluding hydrogens is 962 g/mol. The Kier molecular flexibility index (Phi) is 38.4. The maximum absolute atomic E-state index is 13.2. The van der Waals surface area contributed by atoms with Crippen LogP contribution in [-0.4, -0.2) is 81.0 Å². The van der Waals surface area contributed by atoms with Crippen molar-refractivity contribution < 1.29 is 89.6 Å². The topological polar surface area (TPSA) is 144 Å². The molecule has 3 amide bonds. The van der Waals surface area contributed by atoms with Crippen LogP contribution >= 0.6 is 0 Å². The van der Waals surface area contributed by atoms with Crippen molar-refractivity contribution in [1.82, 2.24) is 16.0 Å². The summed E-state index contributed by atoms with van der Waals surface area (Å²) in [6, 6.07) is 7.57. The molecule has 348 valence electrons. The molecule has 14 heteroatoms. The molecule has 66 heavy (non-hydrogen) atoms. The van der Waals surface area contributed by atoms with Crippen LogP contribution in [0.4, 0.5) is 9.59 Å². The second-order valence-electron chi connectivity index (χ2n) is 14.5. The van der Waals surface area contributed by atoms with E-state index in [2.05, 4.69) is 16.0 Å². The number of aliphatic carboxylic acids is 1. The molecule has 0 spiro atoms. The molecule has 6 saturated carbocycles. The van der Waals surface area contributed by atoms with Crippen molar-refractivity contribution in [2.24, 2.45) is 0 Å². The summed E-state index contributed by atoms with van der Waals surface area (Å²) in [5.41, 5.74) is -0.211. The zero-order valence-corrected chi connectivity index (χ0v) is 40.0. The van der Waals surface area contributed by atoms with Gasteiger partial charge in [0.15, 0.2) is 0 Å². The third kappa shape index (κ3) is 29.6. The molecule has 0 bridgehead atoms. The van der Waals surface area contributed by atoms with E-state index < -0.39 is 29.7 Å². The summed E-state index contributed by atoms with van der Waals surface area (Å²) in [6.45, 7) is 1.83. The molecule has 0 saturated heterocycles. The van der Waals surface area contributed by atoms with Crippen molar-refractivity contribution in [2.75, 3.05) is 46.2 Å². The van der Waals surface area contributed by atoms with Crippen LogP contribution < -0.4 is 16.0 Å². The first-order valence-electron chi connectivity index (χ1n) is 21.0. The Balaban J connectivity index is 0.00000102. The van der Waals surface area contributed by atoms with Gasteiger partial charge in [-0.15, -0.1) is 0 Å². The van der Waals surface area contributed by atoms with Crippen molar-refractivity contribution in [3.05, 3.63) is 227 Å². The average Bonchev–Trinajstić information content (AvgIpc) is 4.15. The number of unbranched alkanes of at least 4 members (excludes halogenated alkanes) is 1. The first kappa shape index (κ1) is 62.7. The van der Waals surface area contributed by atoms with Crippen LogP contribution in [0.5, 0.6) is 0 Å². The van der Waals surface area contributed by atoms with Crippen molar-refractivity contribution in [1.29, 1.82) is 0 Å². The zero-order chi connectivity index (χ0) is 44.5. The van der Waals surface area contributed by atoms with Crippen LogP contribution in [0.3, 0.4) is 0 Å². The van der Waals surface area contributed by atoms with Gasteiger partial charge in [0.05, 0.1) is 39.6 Å². The molecule has 1 unspecified atom stereocenters. The Morgan fingerprint density at radius 3 is 1.26 bits per heavy atom. The average molecular weight is 1020 g/mol. The Hall–Kier alpha value is -1.33. The van der Waals surface area contributed by atoms with Gasteiger partial charge in [-0.25, -0.2) is 14.4 Å². The minimum Gasteiger partial charge on any atom is -0.480 e. The quantitative estimate of drug-likeness (QED) is 0.0727. The van der Waals surface area contributed by atoms with Gasteiger partial charge < -0.3 is 40.0 Å². The van der Waals surface area contributed by atoms with Gasteiger partial charge in [-0.05, 0) is 198 Å². The standard InChI is InChI=1S/C37H44N3O8.3C5H5.3Fe/c41-34(42)33(39-36(44)48-25-32-12-2-1-3-13-32)20-10-11-21-38-35(43)40-37(26-45-22-29-14-4-5-15-29,27-46-23-30-16-6-7-17-30)28-47-24-31-18-8-9-19-31;3*1-2-4-5-3-1;;;/h1-9,12-19,33H,10-11,20-28H2,(H,39,44)(H,41,42)(H2,38,40,43);3*1-5H;;;/q;;;;3*+2. The summed E-state index contributed by atoms with van der Waals surface area (Å²) < 4.78 is 23.4. The number of benzene rings is 1. The zero-order valence-electron chi connectivity index (χ0n) is 36.7. The number of carbonyl (C=O) groups excluding carboxylic acids is 2. The van der Waals surface area contributed by atoms with E-state index in [4.69, 9.17) is 18.9 Å². The minimum absolute atomic E-state index is 0. The minimum atomic E-state index is -1.16. The van der Waals surface area contributed by atoms with Gasteiger partial charge in [-0.1, -0.05) is 30.3 Å². The molecule has 6 aliphatic rings. The number of nitrogens with one attached hydrogen (secondary N) is 3. The molecule has 0 aromatic heterocycles. The van der Waals surface area contributed by atoms with Crippen molar-refractivity contribution in [3.8, 4) is 0 Å². The molecule has 4 N–H and O–H groups in total. The van der Waals surface area contributed by atoms with Gasteiger partial charge in [0.1, 0.15) is 18.2 Å². The van der Waals surface area contributed by atoms with Crippen molar-refractivity contribution in [3.63, 3.8) is 0 Å². The molecule has 1 aromatic rings. The normalized spacial score (nSPS) is 18.7. The monoisotopic (exact) mass is 1020 g/mol. The molecule has 1 atom stereocenters. The third-order valence-corrected chi connectivity index (χ3v) is 9.19. The number of carboxylic acid groups (broad SMARTS) is 1. The van der Waals surface area contributed by atoms with Crippen LogP contribution in [-0.2, 0) is 81.6 Å². The fraction of sp³-hybridized carbons (Fsp3) is 0.250. The number of urea groups is 1. The largest absolute Gasteiger partial charge is 2.00 e. The van der Waals surface area contributed by atoms with Gasteiger partial charge in [0, 0.05) is 24.3 Å². The van der Waals surface area contributed by atoms with E-state index in [0.717, 1.165) is 23.3 Å². The van der Waals surface area contributed by atoms with E-state index in [1.165, 1.54) is 0 Å². The van der Waals surface area contributed by atoms with Gasteiger partial charge in [-0.3, -0.25) is 0 Å². The van der Waals surface area contributed by atoms with Crippen LogP contribution in [0, 0.1) is 191 Å². The van der Waals surface area contributed by atoms with Crippen LogP contribution in [0.2, 0.25) is 0 Å². The Labute approximate surface area is 431 Å². The number of amides is 3. The first-order chi connectivity index (χ1) is 30.9. The van der Waals surface area contributed by atoms with E-state index >= 15 is 0 Å². The van der Waals surface area contributed by atoms with E-state index in [-0.39, 0.29) is 90.6 Å². The SMILES string of the molecule is O=C(NCCCCC(NC(=O)OCc1ccccc1)C(=O)O)NC(COC[C]1[CH][CH][CH][CH]1)(COC[C]1[CH][CH][CH][CH]1)COC[C]1[CH][CH][CH][CH]1.[CH]1[CH][CH][CH][CH]1.[CH]1[CH][CH][CH][CH]1.[CH]1[CH][CH][CH][CH]1.[Fe+2].[Fe+2].[Fe+2]. The number of hydrogen-bond donors (Lipinski definition) is 4. The van der Waals surface area contributed by atoms with Crippen LogP contribution in [0.1, 0.15) is 24.8 Å². The first-order valence-corrected chi connectivity index (χ1v) is 21.0. The van der Waals surface area contributed by atoms with Crippen LogP contribution in [0.15, 0.2) is 30.3 Å². The molecule has 11 nitrogen and oxygen atoms in total. The number of hydrogen-bond acceptors (Lipinski definition) is 7. The molecule has 0 aliphatic heterocycles. The Morgan fingerprint density at radius 2 is 0.894 bits per heavy atom. The number of alkyl carbamates (subject to hydrolysis) is 1. The molecule has 30 radical (unpaired) electrons. The molecule has 6 fully saturated rings. The number of rotatable bonds is 22. The van der Waals surface area contributed by atoms with Crippen molar-refractivity contribution >= 4 is 18.1 Å².